The number of rotatable bonds is 4. The fraction of sp³-hybridized carbons (Fsp3) is 0.647. The van der Waals surface area contributed by atoms with Crippen LogP contribution in [0.3, 0.4) is 0 Å². The number of piperidine rings is 1. The second-order valence-corrected chi connectivity index (χ2v) is 6.52. The van der Waals surface area contributed by atoms with E-state index in [0.717, 1.165) is 30.8 Å². The van der Waals surface area contributed by atoms with E-state index >= 15 is 0 Å². The van der Waals surface area contributed by atoms with E-state index in [1.165, 1.54) is 12.8 Å². The van der Waals surface area contributed by atoms with Crippen LogP contribution in [0.1, 0.15) is 43.7 Å². The standard InChI is InChI=1S/C17H27FN2/c1-13(2)15-9-14(10-16(18)11-15)12-20-7-5-17(6-8-20)19(3)4/h9-11,13,17H,5-8,12H2,1-4H3. The van der Waals surface area contributed by atoms with Crippen molar-refractivity contribution in [2.45, 2.75) is 45.2 Å². The molecule has 1 aliphatic heterocycles. The summed E-state index contributed by atoms with van der Waals surface area (Å²) in [6, 6.07) is 6.20. The van der Waals surface area contributed by atoms with Gasteiger partial charge in [-0.2, -0.15) is 0 Å². The molecule has 0 aromatic heterocycles. The summed E-state index contributed by atoms with van der Waals surface area (Å²) in [5, 5.41) is 0. The third-order valence-electron chi connectivity index (χ3n) is 4.34. The summed E-state index contributed by atoms with van der Waals surface area (Å²) in [4.78, 5) is 4.76. The topological polar surface area (TPSA) is 6.48 Å². The molecule has 20 heavy (non-hydrogen) atoms. The molecule has 0 bridgehead atoms. The Labute approximate surface area is 122 Å². The van der Waals surface area contributed by atoms with E-state index in [1.807, 2.05) is 0 Å². The third-order valence-corrected chi connectivity index (χ3v) is 4.34. The molecule has 1 aromatic rings. The van der Waals surface area contributed by atoms with Crippen LogP contribution in [0.2, 0.25) is 0 Å². The van der Waals surface area contributed by atoms with Gasteiger partial charge in [0.25, 0.3) is 0 Å². The molecule has 1 aromatic carbocycles. The molecule has 3 heteroatoms. The molecule has 2 nitrogen and oxygen atoms in total. The molecule has 0 aliphatic carbocycles. The van der Waals surface area contributed by atoms with Crippen molar-refractivity contribution >= 4 is 0 Å². The first-order valence-corrected chi connectivity index (χ1v) is 7.64. The van der Waals surface area contributed by atoms with Gasteiger partial charge in [0.05, 0.1) is 0 Å². The van der Waals surface area contributed by atoms with Crippen molar-refractivity contribution in [3.8, 4) is 0 Å². The number of halogens is 1. The van der Waals surface area contributed by atoms with Crippen LogP contribution in [0.15, 0.2) is 18.2 Å². The second-order valence-electron chi connectivity index (χ2n) is 6.52. The van der Waals surface area contributed by atoms with Gasteiger partial charge in [0.1, 0.15) is 5.82 Å². The SMILES string of the molecule is CC(C)c1cc(F)cc(CN2CCC(N(C)C)CC2)c1. The van der Waals surface area contributed by atoms with Crippen LogP contribution in [0.5, 0.6) is 0 Å². The minimum Gasteiger partial charge on any atom is -0.306 e. The maximum atomic E-state index is 13.7. The summed E-state index contributed by atoms with van der Waals surface area (Å²) >= 11 is 0. The van der Waals surface area contributed by atoms with E-state index in [-0.39, 0.29) is 5.82 Å². The van der Waals surface area contributed by atoms with Gasteiger partial charge in [-0.1, -0.05) is 19.9 Å². The number of nitrogens with zero attached hydrogens (tertiary/aromatic N) is 2. The Morgan fingerprint density at radius 2 is 1.85 bits per heavy atom. The van der Waals surface area contributed by atoms with Crippen LogP contribution in [-0.2, 0) is 6.54 Å². The average Bonchev–Trinajstić information content (AvgIpc) is 2.38. The Bertz CT molecular complexity index is 435. The molecule has 0 spiro atoms. The zero-order chi connectivity index (χ0) is 14.7. The van der Waals surface area contributed by atoms with E-state index in [1.54, 1.807) is 12.1 Å². The Kier molecular flexibility index (Phi) is 5.17. The molecule has 0 atom stereocenters. The van der Waals surface area contributed by atoms with Crippen LogP contribution in [0.4, 0.5) is 4.39 Å². The lowest BCUT2D eigenvalue weighted by Gasteiger charge is -2.35. The van der Waals surface area contributed by atoms with Crippen molar-refractivity contribution in [1.82, 2.24) is 9.80 Å². The number of likely N-dealkylation sites (tertiary alicyclic amines) is 1. The van der Waals surface area contributed by atoms with E-state index in [2.05, 4.69) is 43.8 Å². The molecule has 2 rings (SSSR count). The lowest BCUT2D eigenvalue weighted by Crippen LogP contribution is -2.41. The van der Waals surface area contributed by atoms with Gasteiger partial charge >= 0.3 is 0 Å². The van der Waals surface area contributed by atoms with Crippen molar-refractivity contribution in [2.75, 3.05) is 27.2 Å². The predicted molar refractivity (Wildman–Crippen MR) is 82.5 cm³/mol. The quantitative estimate of drug-likeness (QED) is 0.832. The summed E-state index contributed by atoms with van der Waals surface area (Å²) in [6.07, 6.45) is 2.42. The molecule has 0 amide bonds. The minimum atomic E-state index is -0.102. The van der Waals surface area contributed by atoms with Crippen molar-refractivity contribution in [2.24, 2.45) is 0 Å². The average molecular weight is 278 g/mol. The van der Waals surface area contributed by atoms with Crippen LogP contribution in [0.25, 0.3) is 0 Å². The molecule has 1 fully saturated rings. The Balaban J connectivity index is 1.97. The molecule has 1 aliphatic rings. The highest BCUT2D eigenvalue weighted by Crippen LogP contribution is 2.21. The third kappa shape index (κ3) is 4.03. The molecular weight excluding hydrogens is 251 g/mol. The fourth-order valence-electron chi connectivity index (χ4n) is 2.95. The zero-order valence-corrected chi connectivity index (χ0v) is 13.2. The van der Waals surface area contributed by atoms with E-state index in [9.17, 15) is 4.39 Å². The molecule has 0 radical (unpaired) electrons. The lowest BCUT2D eigenvalue weighted by atomic mass is 9.99. The van der Waals surface area contributed by atoms with E-state index < -0.39 is 0 Å². The summed E-state index contributed by atoms with van der Waals surface area (Å²) < 4.78 is 13.7. The van der Waals surface area contributed by atoms with Gasteiger partial charge < -0.3 is 4.90 Å². The number of benzene rings is 1. The Morgan fingerprint density at radius 3 is 2.40 bits per heavy atom. The lowest BCUT2D eigenvalue weighted by molar-refractivity contribution is 0.140. The molecule has 112 valence electrons. The Hall–Kier alpha value is -0.930. The zero-order valence-electron chi connectivity index (χ0n) is 13.2. The van der Waals surface area contributed by atoms with Crippen molar-refractivity contribution in [3.63, 3.8) is 0 Å². The monoisotopic (exact) mass is 278 g/mol. The summed E-state index contributed by atoms with van der Waals surface area (Å²) in [5.41, 5.74) is 2.21. The number of hydrogen-bond acceptors (Lipinski definition) is 2. The molecule has 0 saturated carbocycles. The number of hydrogen-bond donors (Lipinski definition) is 0. The highest BCUT2D eigenvalue weighted by Gasteiger charge is 2.20. The summed E-state index contributed by atoms with van der Waals surface area (Å²) in [7, 11) is 4.31. The van der Waals surface area contributed by atoms with Crippen molar-refractivity contribution in [3.05, 3.63) is 35.1 Å². The van der Waals surface area contributed by atoms with Crippen molar-refractivity contribution in [1.29, 1.82) is 0 Å². The first-order valence-electron chi connectivity index (χ1n) is 7.64. The van der Waals surface area contributed by atoms with Gasteiger partial charge in [-0.3, -0.25) is 4.90 Å². The summed E-state index contributed by atoms with van der Waals surface area (Å²) in [5.74, 6) is 0.276. The van der Waals surface area contributed by atoms with Gasteiger partial charge in [0.15, 0.2) is 0 Å². The smallest absolute Gasteiger partial charge is 0.123 e. The first-order chi connectivity index (χ1) is 9.45. The molecular formula is C17H27FN2. The van der Waals surface area contributed by atoms with Gasteiger partial charge in [-0.25, -0.2) is 4.39 Å². The molecule has 1 saturated heterocycles. The van der Waals surface area contributed by atoms with Crippen LogP contribution in [0, 0.1) is 5.82 Å². The van der Waals surface area contributed by atoms with Crippen molar-refractivity contribution < 1.29 is 4.39 Å². The normalized spacial score (nSPS) is 18.1. The van der Waals surface area contributed by atoms with E-state index in [4.69, 9.17) is 0 Å². The van der Waals surface area contributed by atoms with Crippen LogP contribution >= 0.6 is 0 Å². The van der Waals surface area contributed by atoms with Gasteiger partial charge in [0, 0.05) is 12.6 Å². The maximum absolute atomic E-state index is 13.7. The first kappa shape index (κ1) is 15.5. The largest absolute Gasteiger partial charge is 0.306 e. The second kappa shape index (κ2) is 6.68. The molecule has 0 unspecified atom stereocenters. The van der Waals surface area contributed by atoms with Gasteiger partial charge in [-0.05, 0) is 69.2 Å². The fourth-order valence-corrected chi connectivity index (χ4v) is 2.95. The molecule has 0 N–H and O–H groups in total. The predicted octanol–water partition coefficient (Wildman–Crippen LogP) is 3.48. The van der Waals surface area contributed by atoms with Crippen LogP contribution in [-0.4, -0.2) is 43.0 Å². The van der Waals surface area contributed by atoms with E-state index in [0.29, 0.717) is 12.0 Å². The van der Waals surface area contributed by atoms with Gasteiger partial charge in [-0.15, -0.1) is 0 Å². The maximum Gasteiger partial charge on any atom is 0.123 e. The summed E-state index contributed by atoms with van der Waals surface area (Å²) in [6.45, 7) is 7.31. The van der Waals surface area contributed by atoms with Gasteiger partial charge in [0.2, 0.25) is 0 Å². The highest BCUT2D eigenvalue weighted by molar-refractivity contribution is 5.27. The van der Waals surface area contributed by atoms with Crippen LogP contribution < -0.4 is 0 Å². The molecule has 1 heterocycles. The Morgan fingerprint density at radius 1 is 1.20 bits per heavy atom. The highest BCUT2D eigenvalue weighted by atomic mass is 19.1. The minimum absolute atomic E-state index is 0.102.